The number of ether oxygens (including phenoxy) is 1. The fourth-order valence-corrected chi connectivity index (χ4v) is 3.62. The first kappa shape index (κ1) is 16.8. The number of aromatic nitrogens is 1. The Morgan fingerprint density at radius 1 is 1.38 bits per heavy atom. The van der Waals surface area contributed by atoms with Crippen LogP contribution in [0, 0.1) is 5.82 Å². The van der Waals surface area contributed by atoms with Crippen molar-refractivity contribution in [1.29, 1.82) is 0 Å². The van der Waals surface area contributed by atoms with Gasteiger partial charge in [-0.05, 0) is 27.1 Å². The number of carboxylic acid groups (broad SMARTS) is 1. The number of rotatable bonds is 3. The Kier molecular flexibility index (Phi) is 3.69. The van der Waals surface area contributed by atoms with E-state index in [1.165, 1.54) is 6.20 Å². The number of pyridine rings is 1. The third-order valence-electron chi connectivity index (χ3n) is 5.28. The zero-order valence-corrected chi connectivity index (χ0v) is 14.8. The third-order valence-corrected chi connectivity index (χ3v) is 5.28. The van der Waals surface area contributed by atoms with Crippen molar-refractivity contribution in [1.82, 2.24) is 9.47 Å². The number of nitrogens with zero attached hydrogens (tertiary/aromatic N) is 3. The SMILES string of the molecule is C[C@@H]1COc2c(N3CC(N(C)C)C3)c(F)cc3c(=O)c(C(=O)O)cn1c23. The van der Waals surface area contributed by atoms with Gasteiger partial charge in [-0.25, -0.2) is 9.18 Å². The normalized spacial score (nSPS) is 19.6. The Labute approximate surface area is 149 Å². The molecule has 0 amide bonds. The number of anilines is 1. The van der Waals surface area contributed by atoms with Gasteiger partial charge in [-0.3, -0.25) is 4.79 Å². The molecule has 7 nitrogen and oxygen atoms in total. The van der Waals surface area contributed by atoms with Gasteiger partial charge < -0.3 is 24.2 Å². The second kappa shape index (κ2) is 5.70. The summed E-state index contributed by atoms with van der Waals surface area (Å²) in [7, 11) is 3.96. The molecule has 0 spiro atoms. The summed E-state index contributed by atoms with van der Waals surface area (Å²) < 4.78 is 22.4. The molecule has 0 aliphatic carbocycles. The molecule has 1 aromatic carbocycles. The molecule has 1 saturated heterocycles. The predicted octanol–water partition coefficient (Wildman–Crippen LogP) is 1.54. The van der Waals surface area contributed by atoms with Gasteiger partial charge >= 0.3 is 5.97 Å². The monoisotopic (exact) mass is 361 g/mol. The Morgan fingerprint density at radius 2 is 2.08 bits per heavy atom. The zero-order valence-electron chi connectivity index (χ0n) is 14.8. The fourth-order valence-electron chi connectivity index (χ4n) is 3.62. The lowest BCUT2D eigenvalue weighted by Gasteiger charge is -2.45. The molecule has 2 aromatic rings. The molecule has 1 fully saturated rings. The maximum Gasteiger partial charge on any atom is 0.341 e. The van der Waals surface area contributed by atoms with Crippen molar-refractivity contribution < 1.29 is 19.0 Å². The Hall–Kier alpha value is -2.61. The van der Waals surface area contributed by atoms with Crippen LogP contribution in [-0.4, -0.2) is 60.4 Å². The summed E-state index contributed by atoms with van der Waals surface area (Å²) in [4.78, 5) is 27.9. The highest BCUT2D eigenvalue weighted by Gasteiger charge is 2.35. The van der Waals surface area contributed by atoms with Gasteiger partial charge in [-0.1, -0.05) is 0 Å². The number of aromatic carboxylic acids is 1. The van der Waals surface area contributed by atoms with E-state index in [9.17, 15) is 19.1 Å². The molecule has 2 aliphatic rings. The van der Waals surface area contributed by atoms with Gasteiger partial charge in [0.1, 0.15) is 17.9 Å². The fraction of sp³-hybridized carbons (Fsp3) is 0.444. The van der Waals surface area contributed by atoms with E-state index in [-0.39, 0.29) is 23.6 Å². The highest BCUT2D eigenvalue weighted by Crippen LogP contribution is 2.43. The van der Waals surface area contributed by atoms with E-state index in [4.69, 9.17) is 4.74 Å². The van der Waals surface area contributed by atoms with Gasteiger partial charge in [0, 0.05) is 25.3 Å². The van der Waals surface area contributed by atoms with Crippen LogP contribution in [0.4, 0.5) is 10.1 Å². The van der Waals surface area contributed by atoms with Gasteiger partial charge in [-0.2, -0.15) is 0 Å². The highest BCUT2D eigenvalue weighted by atomic mass is 19.1. The highest BCUT2D eigenvalue weighted by molar-refractivity contribution is 5.97. The summed E-state index contributed by atoms with van der Waals surface area (Å²) >= 11 is 0. The number of hydrogen-bond acceptors (Lipinski definition) is 5. The number of carbonyl (C=O) groups is 1. The predicted molar refractivity (Wildman–Crippen MR) is 95.0 cm³/mol. The van der Waals surface area contributed by atoms with Crippen molar-refractivity contribution in [3.8, 4) is 5.75 Å². The second-order valence-corrected chi connectivity index (χ2v) is 7.20. The molecule has 138 valence electrons. The summed E-state index contributed by atoms with van der Waals surface area (Å²) in [6.45, 7) is 3.48. The number of likely N-dealkylation sites (N-methyl/N-ethyl adjacent to an activating group) is 1. The Bertz CT molecular complexity index is 979. The number of halogens is 1. The summed E-state index contributed by atoms with van der Waals surface area (Å²) in [5.41, 5.74) is -0.244. The molecule has 2 aliphatic heterocycles. The smallest absolute Gasteiger partial charge is 0.341 e. The maximum atomic E-state index is 14.9. The quantitative estimate of drug-likeness (QED) is 0.894. The van der Waals surface area contributed by atoms with Crippen LogP contribution in [0.1, 0.15) is 23.3 Å². The van der Waals surface area contributed by atoms with Gasteiger partial charge in [0.15, 0.2) is 11.6 Å². The van der Waals surface area contributed by atoms with Crippen LogP contribution < -0.4 is 15.1 Å². The molecule has 8 heteroatoms. The van der Waals surface area contributed by atoms with E-state index in [0.29, 0.717) is 36.1 Å². The molecule has 26 heavy (non-hydrogen) atoms. The first-order valence-electron chi connectivity index (χ1n) is 8.48. The van der Waals surface area contributed by atoms with Crippen molar-refractivity contribution in [3.05, 3.63) is 33.9 Å². The molecular formula is C18H20FN3O4. The summed E-state index contributed by atoms with van der Waals surface area (Å²) in [6, 6.07) is 1.31. The summed E-state index contributed by atoms with van der Waals surface area (Å²) in [6.07, 6.45) is 1.34. The lowest BCUT2D eigenvalue weighted by atomic mass is 10.0. The van der Waals surface area contributed by atoms with Crippen molar-refractivity contribution >= 4 is 22.6 Å². The minimum absolute atomic E-state index is 0.0392. The topological polar surface area (TPSA) is 75.0 Å². The Morgan fingerprint density at radius 3 is 2.69 bits per heavy atom. The molecule has 1 aromatic heterocycles. The van der Waals surface area contributed by atoms with E-state index in [2.05, 4.69) is 4.90 Å². The lowest BCUT2D eigenvalue weighted by Crippen LogP contribution is -2.57. The van der Waals surface area contributed by atoms with Gasteiger partial charge in [-0.15, -0.1) is 0 Å². The summed E-state index contributed by atoms with van der Waals surface area (Å²) in [5, 5.41) is 9.35. The average Bonchev–Trinajstić information content (AvgIpc) is 2.52. The van der Waals surface area contributed by atoms with Crippen LogP contribution in [0.5, 0.6) is 5.75 Å². The second-order valence-electron chi connectivity index (χ2n) is 7.20. The van der Waals surface area contributed by atoms with E-state index in [1.807, 2.05) is 25.9 Å². The van der Waals surface area contributed by atoms with Gasteiger partial charge in [0.05, 0.1) is 16.9 Å². The molecule has 3 heterocycles. The molecule has 4 rings (SSSR count). The number of hydrogen-bond donors (Lipinski definition) is 1. The molecule has 0 bridgehead atoms. The van der Waals surface area contributed by atoms with Crippen molar-refractivity contribution in [2.75, 3.05) is 38.7 Å². The average molecular weight is 361 g/mol. The zero-order chi connectivity index (χ0) is 18.7. The standard InChI is InChI=1S/C18H20FN3O4/c1-9-8-26-17-14-11(16(23)12(18(24)25)7-22(9)14)4-13(19)15(17)21-5-10(6-21)20(2)3/h4,7,9-10H,5-6,8H2,1-3H3,(H,24,25)/t9-/m1/s1. The van der Waals surface area contributed by atoms with E-state index in [0.717, 1.165) is 6.07 Å². The summed E-state index contributed by atoms with van der Waals surface area (Å²) in [5.74, 6) is -1.56. The molecule has 1 N–H and O–H groups in total. The van der Waals surface area contributed by atoms with Crippen LogP contribution in [0.3, 0.4) is 0 Å². The molecular weight excluding hydrogens is 341 g/mol. The minimum atomic E-state index is -1.32. The first-order chi connectivity index (χ1) is 12.3. The largest absolute Gasteiger partial charge is 0.487 e. The van der Waals surface area contributed by atoms with E-state index in [1.54, 1.807) is 4.57 Å². The van der Waals surface area contributed by atoms with Crippen LogP contribution in [0.25, 0.3) is 10.9 Å². The molecule has 0 saturated carbocycles. The van der Waals surface area contributed by atoms with Gasteiger partial charge in [0.2, 0.25) is 5.43 Å². The maximum absolute atomic E-state index is 14.9. The van der Waals surface area contributed by atoms with E-state index >= 15 is 0 Å². The number of carboxylic acids is 1. The van der Waals surface area contributed by atoms with Crippen LogP contribution in [-0.2, 0) is 0 Å². The first-order valence-corrected chi connectivity index (χ1v) is 8.48. The molecule has 0 radical (unpaired) electrons. The van der Waals surface area contributed by atoms with E-state index < -0.39 is 17.2 Å². The van der Waals surface area contributed by atoms with Crippen molar-refractivity contribution in [2.24, 2.45) is 0 Å². The number of benzene rings is 1. The third kappa shape index (κ3) is 2.28. The van der Waals surface area contributed by atoms with Crippen LogP contribution >= 0.6 is 0 Å². The van der Waals surface area contributed by atoms with Gasteiger partial charge in [0.25, 0.3) is 0 Å². The molecule has 1 atom stereocenters. The van der Waals surface area contributed by atoms with Crippen molar-refractivity contribution in [2.45, 2.75) is 19.0 Å². The Balaban J connectivity index is 1.96. The van der Waals surface area contributed by atoms with Crippen LogP contribution in [0.15, 0.2) is 17.1 Å². The lowest BCUT2D eigenvalue weighted by molar-refractivity contribution is 0.0694. The molecule has 0 unspecified atom stereocenters. The van der Waals surface area contributed by atoms with Crippen molar-refractivity contribution in [3.63, 3.8) is 0 Å². The van der Waals surface area contributed by atoms with Crippen LogP contribution in [0.2, 0.25) is 0 Å². The minimum Gasteiger partial charge on any atom is -0.487 e.